The lowest BCUT2D eigenvalue weighted by atomic mass is 10.2. The SMILES string of the molecule is O=C(Oc1ccc2nc(N3CCOCC3)sc2c1)c1ccc2ncsc2c1. The predicted octanol–water partition coefficient (Wildman–Crippen LogP) is 3.96. The Morgan fingerprint density at radius 2 is 1.93 bits per heavy atom. The molecule has 0 bridgehead atoms. The van der Waals surface area contributed by atoms with Crippen molar-refractivity contribution >= 4 is 54.2 Å². The first-order valence-corrected chi connectivity index (χ1v) is 10.2. The van der Waals surface area contributed by atoms with Crippen LogP contribution in [0, 0.1) is 0 Å². The van der Waals surface area contributed by atoms with E-state index in [1.165, 1.54) is 11.3 Å². The van der Waals surface area contributed by atoms with E-state index < -0.39 is 0 Å². The van der Waals surface area contributed by atoms with Gasteiger partial charge < -0.3 is 14.4 Å². The molecule has 6 nitrogen and oxygen atoms in total. The number of carbonyl (C=O) groups is 1. The Bertz CT molecular complexity index is 1130. The molecule has 1 saturated heterocycles. The van der Waals surface area contributed by atoms with Crippen molar-refractivity contribution in [1.29, 1.82) is 0 Å². The van der Waals surface area contributed by atoms with Gasteiger partial charge in [0.1, 0.15) is 5.75 Å². The third kappa shape index (κ3) is 3.27. The quantitative estimate of drug-likeness (QED) is 0.385. The summed E-state index contributed by atoms with van der Waals surface area (Å²) in [6, 6.07) is 11.0. The van der Waals surface area contributed by atoms with E-state index in [0.29, 0.717) is 11.3 Å². The highest BCUT2D eigenvalue weighted by Gasteiger charge is 2.16. The second-order valence-electron chi connectivity index (χ2n) is 6.15. The summed E-state index contributed by atoms with van der Waals surface area (Å²) in [5.41, 5.74) is 4.08. The summed E-state index contributed by atoms with van der Waals surface area (Å²) in [6.07, 6.45) is 0. The zero-order valence-electron chi connectivity index (χ0n) is 14.3. The van der Waals surface area contributed by atoms with Gasteiger partial charge in [-0.3, -0.25) is 0 Å². The lowest BCUT2D eigenvalue weighted by Crippen LogP contribution is -2.36. The maximum Gasteiger partial charge on any atom is 0.343 e. The highest BCUT2D eigenvalue weighted by Crippen LogP contribution is 2.32. The van der Waals surface area contributed by atoms with Gasteiger partial charge in [-0.1, -0.05) is 11.3 Å². The van der Waals surface area contributed by atoms with Gasteiger partial charge in [-0.2, -0.15) is 0 Å². The summed E-state index contributed by atoms with van der Waals surface area (Å²) in [5.74, 6) is 0.150. The van der Waals surface area contributed by atoms with E-state index in [9.17, 15) is 4.79 Å². The summed E-state index contributed by atoms with van der Waals surface area (Å²) in [7, 11) is 0. The number of thiazole rings is 2. The van der Waals surface area contributed by atoms with Crippen molar-refractivity contribution in [2.45, 2.75) is 0 Å². The van der Waals surface area contributed by atoms with Crippen molar-refractivity contribution in [3.63, 3.8) is 0 Å². The Balaban J connectivity index is 1.38. The van der Waals surface area contributed by atoms with E-state index in [1.807, 2.05) is 24.3 Å². The number of aromatic nitrogens is 2. The largest absolute Gasteiger partial charge is 0.423 e. The molecule has 2 aromatic heterocycles. The Morgan fingerprint density at radius 3 is 2.81 bits per heavy atom. The van der Waals surface area contributed by atoms with Crippen molar-refractivity contribution < 1.29 is 14.3 Å². The van der Waals surface area contributed by atoms with Gasteiger partial charge >= 0.3 is 5.97 Å². The van der Waals surface area contributed by atoms with Gasteiger partial charge in [-0.05, 0) is 30.3 Å². The normalized spacial score (nSPS) is 14.7. The van der Waals surface area contributed by atoms with E-state index in [2.05, 4.69) is 14.9 Å². The molecule has 0 unspecified atom stereocenters. The van der Waals surface area contributed by atoms with Gasteiger partial charge in [0.25, 0.3) is 0 Å². The Labute approximate surface area is 163 Å². The van der Waals surface area contributed by atoms with E-state index in [4.69, 9.17) is 9.47 Å². The van der Waals surface area contributed by atoms with Gasteiger partial charge in [0, 0.05) is 19.2 Å². The van der Waals surface area contributed by atoms with Gasteiger partial charge in [-0.15, -0.1) is 11.3 Å². The monoisotopic (exact) mass is 397 g/mol. The van der Waals surface area contributed by atoms with Crippen LogP contribution in [0.2, 0.25) is 0 Å². The number of morpholine rings is 1. The number of benzene rings is 2. The van der Waals surface area contributed by atoms with Crippen LogP contribution in [0.25, 0.3) is 20.4 Å². The van der Waals surface area contributed by atoms with Crippen molar-refractivity contribution in [2.24, 2.45) is 0 Å². The molecular formula is C19H15N3O3S2. The first-order valence-electron chi connectivity index (χ1n) is 8.55. The molecule has 136 valence electrons. The number of ether oxygens (including phenoxy) is 2. The summed E-state index contributed by atoms with van der Waals surface area (Å²) in [5, 5.41) is 0.979. The van der Waals surface area contributed by atoms with Crippen molar-refractivity contribution in [3.05, 3.63) is 47.5 Å². The molecule has 0 amide bonds. The van der Waals surface area contributed by atoms with Crippen LogP contribution in [0.3, 0.4) is 0 Å². The molecule has 3 heterocycles. The number of hydrogen-bond acceptors (Lipinski definition) is 8. The molecule has 0 radical (unpaired) electrons. The smallest absolute Gasteiger partial charge is 0.343 e. The third-order valence-corrected chi connectivity index (χ3v) is 6.28. The van der Waals surface area contributed by atoms with Crippen LogP contribution in [0.4, 0.5) is 5.13 Å². The fraction of sp³-hybridized carbons (Fsp3) is 0.211. The fourth-order valence-corrected chi connectivity index (χ4v) is 4.76. The zero-order valence-corrected chi connectivity index (χ0v) is 15.9. The average Bonchev–Trinajstić information content (AvgIpc) is 3.34. The molecule has 0 atom stereocenters. The first kappa shape index (κ1) is 16.6. The van der Waals surface area contributed by atoms with Crippen LogP contribution in [0.1, 0.15) is 10.4 Å². The maximum atomic E-state index is 12.5. The summed E-state index contributed by atoms with van der Waals surface area (Å²) < 4.78 is 12.9. The standard InChI is InChI=1S/C19H15N3O3S2/c23-18(12-1-3-14-16(9-12)26-11-20-14)25-13-2-4-15-17(10-13)27-19(21-15)22-5-7-24-8-6-22/h1-4,9-11H,5-8H2. The van der Waals surface area contributed by atoms with Crippen LogP contribution in [-0.4, -0.2) is 42.2 Å². The highest BCUT2D eigenvalue weighted by molar-refractivity contribution is 7.22. The van der Waals surface area contributed by atoms with Crippen LogP contribution in [-0.2, 0) is 4.74 Å². The third-order valence-electron chi connectivity index (χ3n) is 4.41. The lowest BCUT2D eigenvalue weighted by molar-refractivity contribution is 0.0735. The number of hydrogen-bond donors (Lipinski definition) is 0. The molecule has 5 rings (SSSR count). The summed E-state index contributed by atoms with van der Waals surface area (Å²) >= 11 is 3.11. The van der Waals surface area contributed by atoms with Crippen LogP contribution in [0.5, 0.6) is 5.75 Å². The molecule has 1 aliphatic heterocycles. The minimum absolute atomic E-state index is 0.373. The molecule has 8 heteroatoms. The molecule has 0 spiro atoms. The molecule has 0 aliphatic carbocycles. The first-order chi connectivity index (χ1) is 13.3. The minimum atomic E-state index is -0.373. The van der Waals surface area contributed by atoms with Crippen LogP contribution < -0.4 is 9.64 Å². The second kappa shape index (κ2) is 6.88. The predicted molar refractivity (Wildman–Crippen MR) is 107 cm³/mol. The van der Waals surface area contributed by atoms with E-state index >= 15 is 0 Å². The Hall–Kier alpha value is -2.55. The second-order valence-corrected chi connectivity index (χ2v) is 8.05. The fourth-order valence-electron chi connectivity index (χ4n) is 2.99. The zero-order chi connectivity index (χ0) is 18.2. The molecular weight excluding hydrogens is 382 g/mol. The van der Waals surface area contributed by atoms with Gasteiger partial charge in [0.15, 0.2) is 5.13 Å². The molecule has 27 heavy (non-hydrogen) atoms. The van der Waals surface area contributed by atoms with E-state index in [1.54, 1.807) is 29.0 Å². The topological polar surface area (TPSA) is 64.5 Å². The van der Waals surface area contributed by atoms with Crippen molar-refractivity contribution in [2.75, 3.05) is 31.2 Å². The number of anilines is 1. The number of fused-ring (bicyclic) bond motifs is 2. The molecule has 4 aromatic rings. The van der Waals surface area contributed by atoms with Gasteiger partial charge in [0.05, 0.1) is 44.7 Å². The minimum Gasteiger partial charge on any atom is -0.423 e. The van der Waals surface area contributed by atoms with Crippen LogP contribution >= 0.6 is 22.7 Å². The lowest BCUT2D eigenvalue weighted by Gasteiger charge is -2.25. The number of rotatable bonds is 3. The van der Waals surface area contributed by atoms with Crippen molar-refractivity contribution in [3.8, 4) is 5.75 Å². The molecule has 1 aliphatic rings. The Morgan fingerprint density at radius 1 is 1.07 bits per heavy atom. The maximum absolute atomic E-state index is 12.5. The summed E-state index contributed by atoms with van der Waals surface area (Å²) in [4.78, 5) is 23.6. The molecule has 1 fully saturated rings. The van der Waals surface area contributed by atoms with Gasteiger partial charge in [0.2, 0.25) is 0 Å². The van der Waals surface area contributed by atoms with Crippen LogP contribution in [0.15, 0.2) is 41.9 Å². The average molecular weight is 397 g/mol. The summed E-state index contributed by atoms with van der Waals surface area (Å²) in [6.45, 7) is 3.15. The van der Waals surface area contributed by atoms with Gasteiger partial charge in [-0.25, -0.2) is 14.8 Å². The van der Waals surface area contributed by atoms with E-state index in [0.717, 1.165) is 51.9 Å². The highest BCUT2D eigenvalue weighted by atomic mass is 32.1. The number of nitrogens with zero attached hydrogens (tertiary/aromatic N) is 3. The number of esters is 1. The molecule has 2 aromatic carbocycles. The molecule has 0 N–H and O–H groups in total. The number of carbonyl (C=O) groups excluding carboxylic acids is 1. The Kier molecular flexibility index (Phi) is 4.23. The molecule has 0 saturated carbocycles. The van der Waals surface area contributed by atoms with E-state index in [-0.39, 0.29) is 5.97 Å². The van der Waals surface area contributed by atoms with Crippen molar-refractivity contribution in [1.82, 2.24) is 9.97 Å².